The fourth-order valence-electron chi connectivity index (χ4n) is 2.35. The summed E-state index contributed by atoms with van der Waals surface area (Å²) in [5.41, 5.74) is 1.13. The van der Waals surface area contributed by atoms with Gasteiger partial charge >= 0.3 is 0 Å². The van der Waals surface area contributed by atoms with Crippen LogP contribution in [0.3, 0.4) is 0 Å². The van der Waals surface area contributed by atoms with Crippen LogP contribution in [-0.4, -0.2) is 36.6 Å². The van der Waals surface area contributed by atoms with E-state index in [1.807, 2.05) is 6.92 Å². The fraction of sp³-hybridized carbons (Fsp3) is 0.278. The summed E-state index contributed by atoms with van der Waals surface area (Å²) in [4.78, 5) is 28.4. The van der Waals surface area contributed by atoms with E-state index in [2.05, 4.69) is 15.6 Å². The van der Waals surface area contributed by atoms with Gasteiger partial charge in [0.05, 0.1) is 0 Å². The van der Waals surface area contributed by atoms with E-state index in [1.54, 1.807) is 24.3 Å². The summed E-state index contributed by atoms with van der Waals surface area (Å²) in [5, 5.41) is 5.52. The van der Waals surface area contributed by atoms with Gasteiger partial charge in [-0.05, 0) is 30.7 Å². The van der Waals surface area contributed by atoms with Crippen LogP contribution in [0.2, 0.25) is 0 Å². The topological polar surface area (TPSA) is 89.6 Å². The fourth-order valence-corrected chi connectivity index (χ4v) is 2.35. The molecule has 0 aliphatic carbocycles. The molecule has 0 saturated heterocycles. The molecule has 25 heavy (non-hydrogen) atoms. The standard InChI is InChI=1S/C18H19N3O4/c1-2-6-20-17(22)12-5-7-19-14(10-12)18(23)21-13-3-4-15-16(11-13)25-9-8-24-15/h3-5,7,10-11H,2,6,8-9H2,1H3,(H,20,22)(H,21,23). The maximum atomic E-state index is 12.4. The summed E-state index contributed by atoms with van der Waals surface area (Å²) in [6, 6.07) is 8.21. The minimum Gasteiger partial charge on any atom is -0.486 e. The lowest BCUT2D eigenvalue weighted by Crippen LogP contribution is -2.24. The summed E-state index contributed by atoms with van der Waals surface area (Å²) in [6.45, 7) is 3.54. The van der Waals surface area contributed by atoms with Gasteiger partial charge in [-0.1, -0.05) is 6.92 Å². The van der Waals surface area contributed by atoms with Crippen LogP contribution in [0.5, 0.6) is 11.5 Å². The van der Waals surface area contributed by atoms with Crippen molar-refractivity contribution < 1.29 is 19.1 Å². The SMILES string of the molecule is CCCNC(=O)c1ccnc(C(=O)Nc2ccc3c(c2)OCCO3)c1. The van der Waals surface area contributed by atoms with Gasteiger partial charge in [0.25, 0.3) is 11.8 Å². The van der Waals surface area contributed by atoms with Gasteiger partial charge in [-0.25, -0.2) is 0 Å². The number of nitrogens with zero attached hydrogens (tertiary/aromatic N) is 1. The maximum Gasteiger partial charge on any atom is 0.274 e. The molecule has 130 valence electrons. The second-order valence-corrected chi connectivity index (χ2v) is 5.50. The van der Waals surface area contributed by atoms with Crippen molar-refractivity contribution in [1.29, 1.82) is 0 Å². The number of pyridine rings is 1. The van der Waals surface area contributed by atoms with E-state index in [0.717, 1.165) is 6.42 Å². The molecule has 0 atom stereocenters. The highest BCUT2D eigenvalue weighted by molar-refractivity contribution is 6.04. The molecule has 2 amide bonds. The number of carbonyl (C=O) groups excluding carboxylic acids is 2. The van der Waals surface area contributed by atoms with Gasteiger partial charge in [-0.2, -0.15) is 0 Å². The van der Waals surface area contributed by atoms with Crippen molar-refractivity contribution in [3.63, 3.8) is 0 Å². The smallest absolute Gasteiger partial charge is 0.274 e. The van der Waals surface area contributed by atoms with Crippen molar-refractivity contribution in [2.45, 2.75) is 13.3 Å². The van der Waals surface area contributed by atoms with Crippen LogP contribution in [0, 0.1) is 0 Å². The Morgan fingerprint density at radius 3 is 2.68 bits per heavy atom. The highest BCUT2D eigenvalue weighted by atomic mass is 16.6. The summed E-state index contributed by atoms with van der Waals surface area (Å²) >= 11 is 0. The zero-order valence-corrected chi connectivity index (χ0v) is 13.9. The van der Waals surface area contributed by atoms with E-state index in [9.17, 15) is 9.59 Å². The molecule has 0 unspecified atom stereocenters. The molecule has 7 nitrogen and oxygen atoms in total. The predicted octanol–water partition coefficient (Wildman–Crippen LogP) is 2.24. The van der Waals surface area contributed by atoms with Gasteiger partial charge < -0.3 is 20.1 Å². The van der Waals surface area contributed by atoms with Gasteiger partial charge in [-0.15, -0.1) is 0 Å². The van der Waals surface area contributed by atoms with E-state index in [-0.39, 0.29) is 11.6 Å². The van der Waals surface area contributed by atoms with Gasteiger partial charge in [0.2, 0.25) is 0 Å². The highest BCUT2D eigenvalue weighted by Crippen LogP contribution is 2.32. The van der Waals surface area contributed by atoms with Gasteiger partial charge in [-0.3, -0.25) is 14.6 Å². The zero-order chi connectivity index (χ0) is 17.6. The Balaban J connectivity index is 1.72. The molecule has 1 aromatic heterocycles. The van der Waals surface area contributed by atoms with Crippen molar-refractivity contribution in [3.05, 3.63) is 47.8 Å². The van der Waals surface area contributed by atoms with E-state index in [0.29, 0.717) is 42.5 Å². The van der Waals surface area contributed by atoms with Crippen molar-refractivity contribution in [1.82, 2.24) is 10.3 Å². The lowest BCUT2D eigenvalue weighted by atomic mass is 10.2. The first kappa shape index (κ1) is 16.8. The molecule has 3 rings (SSSR count). The number of hydrogen-bond acceptors (Lipinski definition) is 5. The molecular weight excluding hydrogens is 322 g/mol. The molecule has 7 heteroatoms. The minimum absolute atomic E-state index is 0.166. The lowest BCUT2D eigenvalue weighted by Gasteiger charge is -2.19. The highest BCUT2D eigenvalue weighted by Gasteiger charge is 2.15. The lowest BCUT2D eigenvalue weighted by molar-refractivity contribution is 0.0953. The number of ether oxygens (including phenoxy) is 2. The van der Waals surface area contributed by atoms with E-state index in [4.69, 9.17) is 9.47 Å². The summed E-state index contributed by atoms with van der Waals surface area (Å²) < 4.78 is 10.9. The number of hydrogen-bond donors (Lipinski definition) is 2. The number of carbonyl (C=O) groups is 2. The largest absolute Gasteiger partial charge is 0.486 e. The molecule has 0 spiro atoms. The Morgan fingerprint density at radius 1 is 1.08 bits per heavy atom. The third-order valence-electron chi connectivity index (χ3n) is 3.59. The molecule has 0 saturated carbocycles. The number of aromatic nitrogens is 1. The normalized spacial score (nSPS) is 12.4. The average molecular weight is 341 g/mol. The van der Waals surface area contributed by atoms with Gasteiger partial charge in [0.1, 0.15) is 18.9 Å². The number of rotatable bonds is 5. The Bertz CT molecular complexity index is 792. The van der Waals surface area contributed by atoms with Crippen LogP contribution in [0.1, 0.15) is 34.2 Å². The number of anilines is 1. The molecule has 1 aliphatic rings. The van der Waals surface area contributed by atoms with Crippen LogP contribution >= 0.6 is 0 Å². The Labute approximate surface area is 145 Å². The van der Waals surface area contributed by atoms with E-state index < -0.39 is 5.91 Å². The Hall–Kier alpha value is -3.09. The molecule has 2 heterocycles. The van der Waals surface area contributed by atoms with Crippen LogP contribution in [-0.2, 0) is 0 Å². The third kappa shape index (κ3) is 4.06. The predicted molar refractivity (Wildman–Crippen MR) is 92.2 cm³/mol. The second-order valence-electron chi connectivity index (χ2n) is 5.50. The van der Waals surface area contributed by atoms with Gasteiger partial charge in [0.15, 0.2) is 11.5 Å². The second kappa shape index (κ2) is 7.65. The molecule has 2 N–H and O–H groups in total. The summed E-state index contributed by atoms with van der Waals surface area (Å²) in [5.74, 6) is 0.612. The number of fused-ring (bicyclic) bond motifs is 1. The molecule has 0 bridgehead atoms. The van der Waals surface area contributed by atoms with Crippen molar-refractivity contribution in [2.24, 2.45) is 0 Å². The molecule has 0 fully saturated rings. The van der Waals surface area contributed by atoms with E-state index in [1.165, 1.54) is 12.3 Å². The van der Waals surface area contributed by atoms with Crippen LogP contribution < -0.4 is 20.1 Å². The van der Waals surface area contributed by atoms with Crippen molar-refractivity contribution in [3.8, 4) is 11.5 Å². The zero-order valence-electron chi connectivity index (χ0n) is 13.9. The molecule has 0 radical (unpaired) electrons. The average Bonchev–Trinajstić information content (AvgIpc) is 2.66. The van der Waals surface area contributed by atoms with Crippen molar-refractivity contribution >= 4 is 17.5 Å². The number of benzene rings is 1. The van der Waals surface area contributed by atoms with Crippen LogP contribution in [0.25, 0.3) is 0 Å². The van der Waals surface area contributed by atoms with Crippen molar-refractivity contribution in [2.75, 3.05) is 25.1 Å². The third-order valence-corrected chi connectivity index (χ3v) is 3.59. The van der Waals surface area contributed by atoms with Crippen LogP contribution in [0.15, 0.2) is 36.5 Å². The monoisotopic (exact) mass is 341 g/mol. The first-order valence-electron chi connectivity index (χ1n) is 8.12. The summed E-state index contributed by atoms with van der Waals surface area (Å²) in [7, 11) is 0. The first-order valence-corrected chi connectivity index (χ1v) is 8.12. The van der Waals surface area contributed by atoms with E-state index >= 15 is 0 Å². The van der Waals surface area contributed by atoms with Gasteiger partial charge in [0, 0.05) is 30.1 Å². The Morgan fingerprint density at radius 2 is 1.88 bits per heavy atom. The summed E-state index contributed by atoms with van der Waals surface area (Å²) in [6.07, 6.45) is 2.29. The number of amides is 2. The maximum absolute atomic E-state index is 12.4. The quantitative estimate of drug-likeness (QED) is 0.870. The first-order chi connectivity index (χ1) is 12.2. The Kier molecular flexibility index (Phi) is 5.13. The van der Waals surface area contributed by atoms with Crippen LogP contribution in [0.4, 0.5) is 5.69 Å². The molecular formula is C18H19N3O4. The number of nitrogens with one attached hydrogen (secondary N) is 2. The minimum atomic E-state index is -0.401. The molecule has 2 aromatic rings. The molecule has 1 aliphatic heterocycles. The molecule has 1 aromatic carbocycles.